The number of halogens is 2. The van der Waals surface area contributed by atoms with E-state index in [0.29, 0.717) is 11.0 Å². The Bertz CT molecular complexity index is 713. The Balaban J connectivity index is 2.30. The van der Waals surface area contributed by atoms with Gasteiger partial charge in [0.05, 0.1) is 11.1 Å². The van der Waals surface area contributed by atoms with Crippen molar-refractivity contribution in [3.8, 4) is 0 Å². The molecule has 1 aliphatic rings. The summed E-state index contributed by atoms with van der Waals surface area (Å²) < 4.78 is 14.2. The SMILES string of the molecule is CC(C)(CN1CCCC1)N=CC(C(=O)O)=C(O)c1cc(Br)cnc1F. The van der Waals surface area contributed by atoms with E-state index in [-0.39, 0.29) is 5.56 Å². The second kappa shape index (κ2) is 8.05. The molecule has 1 aromatic rings. The Kier molecular flexibility index (Phi) is 6.29. The summed E-state index contributed by atoms with van der Waals surface area (Å²) >= 11 is 3.12. The quantitative estimate of drug-likeness (QED) is 0.323. The molecule has 0 spiro atoms. The van der Waals surface area contributed by atoms with Crippen molar-refractivity contribution in [1.82, 2.24) is 9.88 Å². The number of hydrogen-bond acceptors (Lipinski definition) is 5. The van der Waals surface area contributed by atoms with Crippen LogP contribution >= 0.6 is 15.9 Å². The first-order valence-electron chi connectivity index (χ1n) is 7.95. The van der Waals surface area contributed by atoms with Crippen LogP contribution in [0, 0.1) is 5.95 Å². The predicted octanol–water partition coefficient (Wildman–Crippen LogP) is 3.28. The molecule has 1 aromatic heterocycles. The maximum Gasteiger partial charge on any atom is 0.341 e. The highest BCUT2D eigenvalue weighted by Gasteiger charge is 2.24. The fourth-order valence-electron chi connectivity index (χ4n) is 2.72. The molecule has 0 aromatic carbocycles. The van der Waals surface area contributed by atoms with Gasteiger partial charge in [-0.25, -0.2) is 9.78 Å². The van der Waals surface area contributed by atoms with Crippen molar-refractivity contribution in [2.75, 3.05) is 19.6 Å². The first kappa shape index (κ1) is 19.5. The standard InChI is InChI=1S/C17H21BrFN3O3/c1-17(2,10-22-5-3-4-6-22)21-9-13(16(24)25)14(23)12-7-11(18)8-20-15(12)19/h7-9,23H,3-6,10H2,1-2H3,(H,24,25). The molecule has 0 unspecified atom stereocenters. The lowest BCUT2D eigenvalue weighted by Crippen LogP contribution is -2.36. The number of aliphatic hydroxyl groups is 1. The van der Waals surface area contributed by atoms with Gasteiger partial charge in [-0.1, -0.05) is 0 Å². The number of aliphatic imine (C=N–C) groups is 1. The van der Waals surface area contributed by atoms with E-state index in [9.17, 15) is 19.4 Å². The van der Waals surface area contributed by atoms with Gasteiger partial charge >= 0.3 is 5.97 Å². The van der Waals surface area contributed by atoms with Gasteiger partial charge < -0.3 is 15.1 Å². The molecule has 0 saturated carbocycles. The number of aliphatic carboxylic acids is 1. The third kappa shape index (κ3) is 5.34. The Morgan fingerprint density at radius 2 is 2.08 bits per heavy atom. The zero-order valence-electron chi connectivity index (χ0n) is 14.2. The number of carboxylic acids is 1. The van der Waals surface area contributed by atoms with E-state index in [2.05, 4.69) is 30.8 Å². The molecule has 1 aliphatic heterocycles. The van der Waals surface area contributed by atoms with E-state index >= 15 is 0 Å². The first-order valence-corrected chi connectivity index (χ1v) is 8.74. The van der Waals surface area contributed by atoms with E-state index in [1.165, 1.54) is 12.3 Å². The molecular formula is C17H21BrFN3O3. The molecule has 136 valence electrons. The number of hydrogen-bond donors (Lipinski definition) is 2. The number of aliphatic hydroxyl groups excluding tert-OH is 1. The van der Waals surface area contributed by atoms with E-state index < -0.39 is 28.8 Å². The van der Waals surface area contributed by atoms with Gasteiger partial charge in [0.2, 0.25) is 5.95 Å². The van der Waals surface area contributed by atoms with Crippen molar-refractivity contribution in [3.05, 3.63) is 33.8 Å². The molecule has 1 saturated heterocycles. The van der Waals surface area contributed by atoms with Gasteiger partial charge in [-0.15, -0.1) is 0 Å². The highest BCUT2D eigenvalue weighted by atomic mass is 79.9. The van der Waals surface area contributed by atoms with E-state index in [1.807, 2.05) is 13.8 Å². The molecule has 1 fully saturated rings. The number of rotatable bonds is 6. The third-order valence-electron chi connectivity index (χ3n) is 3.90. The summed E-state index contributed by atoms with van der Waals surface area (Å²) in [6.07, 6.45) is 4.61. The van der Waals surface area contributed by atoms with Gasteiger partial charge in [-0.2, -0.15) is 4.39 Å². The Morgan fingerprint density at radius 3 is 2.68 bits per heavy atom. The number of nitrogens with zero attached hydrogens (tertiary/aromatic N) is 3. The maximum absolute atomic E-state index is 13.8. The summed E-state index contributed by atoms with van der Waals surface area (Å²) in [4.78, 5) is 21.5. The van der Waals surface area contributed by atoms with Crippen LogP contribution in [0.15, 0.2) is 27.3 Å². The second-order valence-corrected chi connectivity index (χ2v) is 7.53. The van der Waals surface area contributed by atoms with Crippen LogP contribution in [0.4, 0.5) is 4.39 Å². The molecule has 2 heterocycles. The van der Waals surface area contributed by atoms with E-state index in [4.69, 9.17) is 0 Å². The zero-order valence-corrected chi connectivity index (χ0v) is 15.8. The second-order valence-electron chi connectivity index (χ2n) is 6.61. The lowest BCUT2D eigenvalue weighted by Gasteiger charge is -2.26. The molecule has 25 heavy (non-hydrogen) atoms. The number of pyridine rings is 1. The summed E-state index contributed by atoms with van der Waals surface area (Å²) in [5.41, 5.74) is -1.30. The number of likely N-dealkylation sites (tertiary alicyclic amines) is 1. The molecule has 2 rings (SSSR count). The fraction of sp³-hybridized carbons (Fsp3) is 0.471. The van der Waals surface area contributed by atoms with Crippen molar-refractivity contribution in [1.29, 1.82) is 0 Å². The normalized spacial score (nSPS) is 17.1. The Hall–Kier alpha value is -1.80. The maximum atomic E-state index is 13.8. The molecule has 0 radical (unpaired) electrons. The van der Waals surface area contributed by atoms with Gasteiger partial charge in [0.15, 0.2) is 0 Å². The average molecular weight is 414 g/mol. The van der Waals surface area contributed by atoms with Crippen LogP contribution in [0.2, 0.25) is 0 Å². The minimum atomic E-state index is -1.39. The van der Waals surface area contributed by atoms with Crippen LogP contribution in [0.5, 0.6) is 0 Å². The summed E-state index contributed by atoms with van der Waals surface area (Å²) in [6, 6.07) is 1.27. The lowest BCUT2D eigenvalue weighted by atomic mass is 10.1. The van der Waals surface area contributed by atoms with Crippen LogP contribution in [0.1, 0.15) is 32.3 Å². The summed E-state index contributed by atoms with van der Waals surface area (Å²) in [5.74, 6) is -3.05. The van der Waals surface area contributed by atoms with Crippen molar-refractivity contribution >= 4 is 33.9 Å². The third-order valence-corrected chi connectivity index (χ3v) is 4.33. The van der Waals surface area contributed by atoms with E-state index in [1.54, 1.807) is 0 Å². The molecular weight excluding hydrogens is 393 g/mol. The molecule has 0 bridgehead atoms. The molecule has 2 N–H and O–H groups in total. The minimum Gasteiger partial charge on any atom is -0.506 e. The van der Waals surface area contributed by atoms with Gasteiger partial charge in [-0.3, -0.25) is 4.99 Å². The number of carbonyl (C=O) groups is 1. The Labute approximate surface area is 154 Å². The minimum absolute atomic E-state index is 0.296. The molecule has 0 atom stereocenters. The van der Waals surface area contributed by atoms with Gasteiger partial charge in [-0.05, 0) is 61.8 Å². The smallest absolute Gasteiger partial charge is 0.341 e. The van der Waals surface area contributed by atoms with Crippen LogP contribution < -0.4 is 0 Å². The first-order chi connectivity index (χ1) is 11.7. The summed E-state index contributed by atoms with van der Waals surface area (Å²) in [7, 11) is 0. The van der Waals surface area contributed by atoms with Crippen molar-refractivity contribution in [3.63, 3.8) is 0 Å². The molecule has 0 amide bonds. The zero-order chi connectivity index (χ0) is 18.6. The van der Waals surface area contributed by atoms with Crippen LogP contribution in [-0.4, -0.2) is 57.5 Å². The fourth-order valence-corrected chi connectivity index (χ4v) is 3.05. The van der Waals surface area contributed by atoms with Crippen molar-refractivity contribution < 1.29 is 19.4 Å². The summed E-state index contributed by atoms with van der Waals surface area (Å²) in [6.45, 7) is 6.46. The summed E-state index contributed by atoms with van der Waals surface area (Å²) in [5, 5.41) is 19.6. The van der Waals surface area contributed by atoms with E-state index in [0.717, 1.165) is 32.1 Å². The van der Waals surface area contributed by atoms with Crippen LogP contribution in [-0.2, 0) is 4.79 Å². The number of aromatic nitrogens is 1. The molecule has 8 heteroatoms. The van der Waals surface area contributed by atoms with Crippen molar-refractivity contribution in [2.24, 2.45) is 4.99 Å². The molecule has 6 nitrogen and oxygen atoms in total. The van der Waals surface area contributed by atoms with Gasteiger partial charge in [0.1, 0.15) is 11.3 Å². The topological polar surface area (TPSA) is 86.0 Å². The lowest BCUT2D eigenvalue weighted by molar-refractivity contribution is -0.132. The number of carboxylic acid groups (broad SMARTS) is 1. The highest BCUT2D eigenvalue weighted by molar-refractivity contribution is 9.10. The Morgan fingerprint density at radius 1 is 1.44 bits per heavy atom. The van der Waals surface area contributed by atoms with Crippen LogP contribution in [0.25, 0.3) is 5.76 Å². The van der Waals surface area contributed by atoms with Crippen LogP contribution in [0.3, 0.4) is 0 Å². The average Bonchev–Trinajstić information content (AvgIpc) is 3.01. The predicted molar refractivity (Wildman–Crippen MR) is 97.3 cm³/mol. The van der Waals surface area contributed by atoms with Gasteiger partial charge in [0, 0.05) is 23.4 Å². The monoisotopic (exact) mass is 413 g/mol. The molecule has 0 aliphatic carbocycles. The highest BCUT2D eigenvalue weighted by Crippen LogP contribution is 2.22. The van der Waals surface area contributed by atoms with Crippen molar-refractivity contribution in [2.45, 2.75) is 32.2 Å². The largest absolute Gasteiger partial charge is 0.506 e. The van der Waals surface area contributed by atoms with Gasteiger partial charge in [0.25, 0.3) is 0 Å².